The molecule has 3 heteroatoms. The Labute approximate surface area is 83.1 Å². The van der Waals surface area contributed by atoms with Gasteiger partial charge in [0.1, 0.15) is 5.82 Å². The van der Waals surface area contributed by atoms with Gasteiger partial charge in [-0.05, 0) is 39.0 Å². The predicted octanol–water partition coefficient (Wildman–Crippen LogP) is 2.85. The molecule has 14 heavy (non-hydrogen) atoms. The minimum absolute atomic E-state index is 0.128. The Bertz CT molecular complexity index is 347. The molecule has 1 N–H and O–H groups in total. The molecule has 0 unspecified atom stereocenters. The summed E-state index contributed by atoms with van der Waals surface area (Å²) in [5, 5.41) is 3.05. The molecular formula is C11H14FNO. The SMILES string of the molecule is CC(=O)c1cc(F)cc(NC(C)C)c1. The van der Waals surface area contributed by atoms with Crippen LogP contribution < -0.4 is 5.32 Å². The van der Waals surface area contributed by atoms with E-state index in [-0.39, 0.29) is 17.6 Å². The summed E-state index contributed by atoms with van der Waals surface area (Å²) in [5.41, 5.74) is 1.04. The van der Waals surface area contributed by atoms with Crippen LogP contribution in [0.3, 0.4) is 0 Å². The number of rotatable bonds is 3. The molecule has 1 aromatic rings. The van der Waals surface area contributed by atoms with Gasteiger partial charge in [0.05, 0.1) is 0 Å². The van der Waals surface area contributed by atoms with Crippen molar-refractivity contribution in [1.82, 2.24) is 0 Å². The molecule has 0 aromatic heterocycles. The molecule has 2 nitrogen and oxygen atoms in total. The minimum Gasteiger partial charge on any atom is -0.383 e. The number of carbonyl (C=O) groups is 1. The first kappa shape index (κ1) is 10.7. The van der Waals surface area contributed by atoms with Gasteiger partial charge in [-0.15, -0.1) is 0 Å². The second-order valence-corrected chi connectivity index (χ2v) is 3.58. The standard InChI is InChI=1S/C11H14FNO/c1-7(2)13-11-5-9(8(3)14)4-10(12)6-11/h4-7,13H,1-3H3. The molecule has 1 aromatic carbocycles. The van der Waals surface area contributed by atoms with E-state index in [0.29, 0.717) is 11.3 Å². The Balaban J connectivity index is 3.01. The molecular weight excluding hydrogens is 181 g/mol. The largest absolute Gasteiger partial charge is 0.383 e. The Kier molecular flexibility index (Phi) is 3.23. The number of Topliss-reactive ketones (excluding diaryl/α,β-unsaturated/α-hetero) is 1. The maximum Gasteiger partial charge on any atom is 0.159 e. The monoisotopic (exact) mass is 195 g/mol. The van der Waals surface area contributed by atoms with E-state index in [1.165, 1.54) is 19.1 Å². The Hall–Kier alpha value is -1.38. The highest BCUT2D eigenvalue weighted by atomic mass is 19.1. The molecule has 0 aliphatic rings. The maximum atomic E-state index is 13.0. The van der Waals surface area contributed by atoms with Crippen molar-refractivity contribution in [2.45, 2.75) is 26.8 Å². The van der Waals surface area contributed by atoms with Gasteiger partial charge in [-0.25, -0.2) is 4.39 Å². The third-order valence-corrected chi connectivity index (χ3v) is 1.76. The molecule has 0 radical (unpaired) electrons. The summed E-state index contributed by atoms with van der Waals surface area (Å²) in [6.45, 7) is 5.34. The van der Waals surface area contributed by atoms with E-state index in [4.69, 9.17) is 0 Å². The van der Waals surface area contributed by atoms with Crippen molar-refractivity contribution in [1.29, 1.82) is 0 Å². The second-order valence-electron chi connectivity index (χ2n) is 3.58. The van der Waals surface area contributed by atoms with Gasteiger partial charge in [0, 0.05) is 17.3 Å². The van der Waals surface area contributed by atoms with Crippen LogP contribution in [0.2, 0.25) is 0 Å². The molecule has 0 saturated carbocycles. The fraction of sp³-hybridized carbons (Fsp3) is 0.364. The van der Waals surface area contributed by atoms with E-state index in [1.807, 2.05) is 13.8 Å². The average Bonchev–Trinajstić information content (AvgIpc) is 2.01. The number of halogens is 1. The molecule has 0 aliphatic carbocycles. The lowest BCUT2D eigenvalue weighted by molar-refractivity contribution is 0.101. The number of hydrogen-bond donors (Lipinski definition) is 1. The molecule has 1 rings (SSSR count). The Morgan fingerprint density at radius 2 is 2.00 bits per heavy atom. The van der Waals surface area contributed by atoms with Crippen LogP contribution in [0.4, 0.5) is 10.1 Å². The summed E-state index contributed by atoms with van der Waals surface area (Å²) < 4.78 is 13.0. The topological polar surface area (TPSA) is 29.1 Å². The average molecular weight is 195 g/mol. The number of ketones is 1. The zero-order chi connectivity index (χ0) is 10.7. The van der Waals surface area contributed by atoms with Gasteiger partial charge in [-0.2, -0.15) is 0 Å². The fourth-order valence-electron chi connectivity index (χ4n) is 1.21. The first-order chi connectivity index (χ1) is 6.49. The summed E-state index contributed by atoms with van der Waals surface area (Å²) in [5.74, 6) is -0.517. The van der Waals surface area contributed by atoms with Gasteiger partial charge in [-0.3, -0.25) is 4.79 Å². The third kappa shape index (κ3) is 2.83. The lowest BCUT2D eigenvalue weighted by Crippen LogP contribution is -2.10. The van der Waals surface area contributed by atoms with Crippen LogP contribution >= 0.6 is 0 Å². The van der Waals surface area contributed by atoms with Gasteiger partial charge in [-0.1, -0.05) is 0 Å². The third-order valence-electron chi connectivity index (χ3n) is 1.76. The van der Waals surface area contributed by atoms with Crippen molar-refractivity contribution in [2.75, 3.05) is 5.32 Å². The second kappa shape index (κ2) is 4.22. The van der Waals surface area contributed by atoms with Crippen molar-refractivity contribution >= 4 is 11.5 Å². The van der Waals surface area contributed by atoms with E-state index in [1.54, 1.807) is 6.07 Å². The number of nitrogens with one attached hydrogen (secondary N) is 1. The normalized spacial score (nSPS) is 10.4. The van der Waals surface area contributed by atoms with Crippen LogP contribution in [-0.4, -0.2) is 11.8 Å². The van der Waals surface area contributed by atoms with E-state index in [0.717, 1.165) is 0 Å². The van der Waals surface area contributed by atoms with Gasteiger partial charge >= 0.3 is 0 Å². The van der Waals surface area contributed by atoms with Crippen LogP contribution in [0, 0.1) is 5.82 Å². The van der Waals surface area contributed by atoms with Crippen molar-refractivity contribution in [3.63, 3.8) is 0 Å². The molecule has 0 fully saturated rings. The molecule has 0 atom stereocenters. The van der Waals surface area contributed by atoms with Gasteiger partial charge in [0.25, 0.3) is 0 Å². The molecule has 0 saturated heterocycles. The van der Waals surface area contributed by atoms with E-state index >= 15 is 0 Å². The predicted molar refractivity (Wildman–Crippen MR) is 55.2 cm³/mol. The lowest BCUT2D eigenvalue weighted by atomic mass is 10.1. The summed E-state index contributed by atoms with van der Waals surface area (Å²) in [7, 11) is 0. The van der Waals surface area contributed by atoms with Crippen molar-refractivity contribution in [2.24, 2.45) is 0 Å². The quantitative estimate of drug-likeness (QED) is 0.751. The van der Waals surface area contributed by atoms with Crippen LogP contribution in [-0.2, 0) is 0 Å². The van der Waals surface area contributed by atoms with Gasteiger partial charge < -0.3 is 5.32 Å². The first-order valence-corrected chi connectivity index (χ1v) is 4.57. The van der Waals surface area contributed by atoms with Gasteiger partial charge in [0.2, 0.25) is 0 Å². The van der Waals surface area contributed by atoms with Crippen LogP contribution in [0.15, 0.2) is 18.2 Å². The lowest BCUT2D eigenvalue weighted by Gasteiger charge is -2.10. The zero-order valence-corrected chi connectivity index (χ0v) is 8.60. The van der Waals surface area contributed by atoms with Crippen molar-refractivity contribution < 1.29 is 9.18 Å². The highest BCUT2D eigenvalue weighted by molar-refractivity contribution is 5.94. The molecule has 0 aliphatic heterocycles. The van der Waals surface area contributed by atoms with Crippen LogP contribution in [0.1, 0.15) is 31.1 Å². The van der Waals surface area contributed by atoms with Crippen molar-refractivity contribution in [3.8, 4) is 0 Å². The smallest absolute Gasteiger partial charge is 0.159 e. The Morgan fingerprint density at radius 3 is 2.50 bits per heavy atom. The maximum absolute atomic E-state index is 13.0. The van der Waals surface area contributed by atoms with Crippen LogP contribution in [0.25, 0.3) is 0 Å². The molecule has 0 spiro atoms. The van der Waals surface area contributed by atoms with Crippen molar-refractivity contribution in [3.05, 3.63) is 29.6 Å². The summed E-state index contributed by atoms with van der Waals surface area (Å²) in [6.07, 6.45) is 0. The minimum atomic E-state index is -0.388. The van der Waals surface area contributed by atoms with E-state index in [2.05, 4.69) is 5.32 Å². The summed E-state index contributed by atoms with van der Waals surface area (Å²) >= 11 is 0. The number of hydrogen-bond acceptors (Lipinski definition) is 2. The van der Waals surface area contributed by atoms with Gasteiger partial charge in [0.15, 0.2) is 5.78 Å². The molecule has 0 bridgehead atoms. The Morgan fingerprint density at radius 1 is 1.36 bits per heavy atom. The zero-order valence-electron chi connectivity index (χ0n) is 8.60. The molecule has 76 valence electrons. The highest BCUT2D eigenvalue weighted by Crippen LogP contribution is 2.15. The number of carbonyl (C=O) groups excluding carboxylic acids is 1. The van der Waals surface area contributed by atoms with E-state index in [9.17, 15) is 9.18 Å². The molecule has 0 amide bonds. The summed E-state index contributed by atoms with van der Waals surface area (Å²) in [6, 6.07) is 4.50. The number of anilines is 1. The highest BCUT2D eigenvalue weighted by Gasteiger charge is 2.05. The fourth-order valence-corrected chi connectivity index (χ4v) is 1.21. The first-order valence-electron chi connectivity index (χ1n) is 4.57. The molecule has 0 heterocycles. The van der Waals surface area contributed by atoms with Crippen LogP contribution in [0.5, 0.6) is 0 Å². The van der Waals surface area contributed by atoms with E-state index < -0.39 is 0 Å². The summed E-state index contributed by atoms with van der Waals surface area (Å²) in [4.78, 5) is 11.0. The number of benzene rings is 1.